The summed E-state index contributed by atoms with van der Waals surface area (Å²) >= 11 is 0. The van der Waals surface area contributed by atoms with E-state index in [1.165, 1.54) is 33.4 Å². The fourth-order valence-corrected chi connectivity index (χ4v) is 8.85. The van der Waals surface area contributed by atoms with Crippen LogP contribution in [0.3, 0.4) is 0 Å². The summed E-state index contributed by atoms with van der Waals surface area (Å²) in [6.07, 6.45) is 0. The Morgan fingerprint density at radius 2 is 0.406 bits per heavy atom. The molecule has 0 saturated carbocycles. The molecule has 0 fully saturated rings. The van der Waals surface area contributed by atoms with Crippen molar-refractivity contribution < 1.29 is 13.6 Å². The highest BCUT2D eigenvalue weighted by molar-refractivity contribution is 7.43. The van der Waals surface area contributed by atoms with E-state index < -0.39 is 8.60 Å². The van der Waals surface area contributed by atoms with E-state index in [4.69, 9.17) is 13.6 Å². The molecule has 0 heterocycles. The smallest absolute Gasteiger partial charge is 0.408 e. The molecule has 3 nitrogen and oxygen atoms in total. The Bertz CT molecular complexity index is 2690. The molecule has 0 radical (unpaired) electrons. The lowest BCUT2D eigenvalue weighted by Gasteiger charge is -2.23. The van der Waals surface area contributed by atoms with Crippen LogP contribution in [0.25, 0.3) is 66.8 Å². The maximum atomic E-state index is 7.14. The average molecular weight is 851 g/mol. The summed E-state index contributed by atoms with van der Waals surface area (Å²) in [6.45, 7) is 12.7. The Hall–Kier alpha value is -7.19. The number of hydrogen-bond donors (Lipinski definition) is 0. The van der Waals surface area contributed by atoms with Gasteiger partial charge in [-0.05, 0) is 128 Å². The van der Waals surface area contributed by atoms with Crippen LogP contribution >= 0.6 is 8.60 Å². The van der Waals surface area contributed by atoms with Crippen molar-refractivity contribution >= 4 is 8.60 Å². The van der Waals surface area contributed by atoms with Gasteiger partial charge >= 0.3 is 8.60 Å². The second kappa shape index (κ2) is 18.7. The van der Waals surface area contributed by atoms with Gasteiger partial charge in [0.25, 0.3) is 0 Å². The van der Waals surface area contributed by atoms with Gasteiger partial charge in [-0.2, -0.15) is 0 Å². The van der Waals surface area contributed by atoms with Gasteiger partial charge in [-0.1, -0.05) is 197 Å². The lowest BCUT2D eigenvalue weighted by Crippen LogP contribution is -2.05. The molecule has 64 heavy (non-hydrogen) atoms. The quantitative estimate of drug-likeness (QED) is 0.115. The van der Waals surface area contributed by atoms with Gasteiger partial charge in [0, 0.05) is 16.7 Å². The summed E-state index contributed by atoms with van der Waals surface area (Å²) in [5.74, 6) is 1.98. The van der Waals surface area contributed by atoms with E-state index in [9.17, 15) is 0 Å². The van der Waals surface area contributed by atoms with Gasteiger partial charge in [0.05, 0.1) is 0 Å². The van der Waals surface area contributed by atoms with Crippen molar-refractivity contribution in [1.82, 2.24) is 0 Å². The van der Waals surface area contributed by atoms with Crippen molar-refractivity contribution in [2.45, 2.75) is 41.5 Å². The molecule has 0 atom stereocenters. The van der Waals surface area contributed by atoms with Crippen LogP contribution in [0.2, 0.25) is 0 Å². The molecule has 0 amide bonds. The Morgan fingerprint density at radius 1 is 0.219 bits per heavy atom. The Kier molecular flexibility index (Phi) is 12.3. The predicted octanol–water partition coefficient (Wildman–Crippen LogP) is 17.3. The van der Waals surface area contributed by atoms with Crippen LogP contribution < -0.4 is 13.6 Å². The topological polar surface area (TPSA) is 27.7 Å². The van der Waals surface area contributed by atoms with Gasteiger partial charge in [-0.15, -0.1) is 0 Å². The van der Waals surface area contributed by atoms with E-state index in [2.05, 4.69) is 242 Å². The van der Waals surface area contributed by atoms with Crippen molar-refractivity contribution in [3.63, 3.8) is 0 Å². The minimum atomic E-state index is -2.13. The predicted molar refractivity (Wildman–Crippen MR) is 269 cm³/mol. The second-order valence-corrected chi connectivity index (χ2v) is 17.8. The van der Waals surface area contributed by atoms with Crippen molar-refractivity contribution in [2.24, 2.45) is 0 Å². The average Bonchev–Trinajstić information content (AvgIpc) is 3.31. The molecular weight excluding hydrogens is 800 g/mol. The molecule has 314 valence electrons. The molecule has 0 aromatic heterocycles. The molecule has 0 N–H and O–H groups in total. The largest absolute Gasteiger partial charge is 0.530 e. The number of benzene rings is 9. The first-order valence-corrected chi connectivity index (χ1v) is 22.9. The maximum Gasteiger partial charge on any atom is 0.530 e. The minimum Gasteiger partial charge on any atom is -0.408 e. The van der Waals surface area contributed by atoms with Crippen LogP contribution in [0.5, 0.6) is 17.2 Å². The van der Waals surface area contributed by atoms with Gasteiger partial charge in [-0.3, -0.25) is 0 Å². The zero-order valence-electron chi connectivity index (χ0n) is 37.2. The Balaban J connectivity index is 1.19. The van der Waals surface area contributed by atoms with Crippen molar-refractivity contribution in [3.05, 3.63) is 234 Å². The van der Waals surface area contributed by atoms with Crippen LogP contribution in [-0.2, 0) is 0 Å². The van der Waals surface area contributed by atoms with E-state index in [0.29, 0.717) is 17.2 Å². The molecule has 0 aliphatic heterocycles. The minimum absolute atomic E-state index is 0.659. The zero-order valence-corrected chi connectivity index (χ0v) is 38.1. The Morgan fingerprint density at radius 3 is 0.625 bits per heavy atom. The third-order valence-corrected chi connectivity index (χ3v) is 12.7. The highest BCUT2D eigenvalue weighted by Crippen LogP contribution is 2.50. The van der Waals surface area contributed by atoms with Gasteiger partial charge in [0.1, 0.15) is 17.2 Å². The number of hydrogen-bond acceptors (Lipinski definition) is 3. The third kappa shape index (κ3) is 9.72. The summed E-state index contributed by atoms with van der Waals surface area (Å²) in [6, 6.07) is 70.8. The molecule has 9 aromatic carbocycles. The lowest BCUT2D eigenvalue weighted by atomic mass is 9.97. The molecule has 0 unspecified atom stereocenters. The molecule has 0 spiro atoms. The summed E-state index contributed by atoms with van der Waals surface area (Å²) in [4.78, 5) is 0. The molecule has 0 aliphatic carbocycles. The van der Waals surface area contributed by atoms with Crippen LogP contribution in [-0.4, -0.2) is 0 Å². The van der Waals surface area contributed by atoms with Gasteiger partial charge in [0.2, 0.25) is 0 Å². The van der Waals surface area contributed by atoms with Crippen molar-refractivity contribution in [2.75, 3.05) is 0 Å². The van der Waals surface area contributed by atoms with E-state index >= 15 is 0 Å². The maximum absolute atomic E-state index is 7.14. The van der Waals surface area contributed by atoms with E-state index in [1.807, 2.05) is 0 Å². The number of aryl methyl sites for hydroxylation is 6. The summed E-state index contributed by atoms with van der Waals surface area (Å²) in [5, 5.41) is 0. The monoisotopic (exact) mass is 850 g/mol. The molecule has 0 saturated heterocycles. The lowest BCUT2D eigenvalue weighted by molar-refractivity contribution is 0.390. The fraction of sp³-hybridized carbons (Fsp3) is 0.100. The van der Waals surface area contributed by atoms with E-state index in [1.54, 1.807) is 0 Å². The molecule has 4 heteroatoms. The SMILES string of the molecule is Cc1ccc(-c2ccc(OP(Oc3ccc(-c4ccc(C)cc4)cc3-c3ccc(C)cc3)Oc3ccc(-c4ccc(C)cc4)cc3-c3ccc(C)cc3)c(-c3ccc(C)cc3)c2)cc1. The summed E-state index contributed by atoms with van der Waals surface area (Å²) in [5.41, 5.74) is 19.8. The summed E-state index contributed by atoms with van der Waals surface area (Å²) < 4.78 is 21.4. The fourth-order valence-electron chi connectivity index (χ4n) is 7.78. The first-order chi connectivity index (χ1) is 31.1. The summed E-state index contributed by atoms with van der Waals surface area (Å²) in [7, 11) is -2.13. The van der Waals surface area contributed by atoms with Crippen LogP contribution in [0, 0.1) is 41.5 Å². The van der Waals surface area contributed by atoms with Gasteiger partial charge < -0.3 is 13.6 Å². The molecule has 0 aliphatic rings. The highest BCUT2D eigenvalue weighted by Gasteiger charge is 2.26. The third-order valence-electron chi connectivity index (χ3n) is 11.7. The van der Waals surface area contributed by atoms with Crippen molar-refractivity contribution in [3.8, 4) is 84.0 Å². The van der Waals surface area contributed by atoms with Gasteiger partial charge in [-0.25, -0.2) is 0 Å². The second-order valence-electron chi connectivity index (χ2n) is 16.8. The Labute approximate surface area is 379 Å². The van der Waals surface area contributed by atoms with Crippen LogP contribution in [0.15, 0.2) is 200 Å². The molecular formula is C60H51O3P. The van der Waals surface area contributed by atoms with E-state index in [-0.39, 0.29) is 0 Å². The van der Waals surface area contributed by atoms with E-state index in [0.717, 1.165) is 66.8 Å². The zero-order chi connectivity index (χ0) is 44.2. The normalized spacial score (nSPS) is 11.1. The van der Waals surface area contributed by atoms with Crippen LogP contribution in [0.4, 0.5) is 0 Å². The standard InChI is InChI=1S/C60H51O3P/c1-40-7-19-46(20-8-40)52-31-34-58(55(37-52)49-25-13-43(4)14-26-49)61-64(62-59-35-32-53(47-21-9-41(2)10-22-47)38-56(59)50-27-15-44(5)16-28-50)63-60-36-33-54(48-23-11-42(3)12-24-48)39-57(60)51-29-17-45(6)18-30-51/h7-39H,1-6H3. The van der Waals surface area contributed by atoms with Crippen molar-refractivity contribution in [1.29, 1.82) is 0 Å². The van der Waals surface area contributed by atoms with Gasteiger partial charge in [0.15, 0.2) is 0 Å². The first-order valence-electron chi connectivity index (χ1n) is 21.8. The molecule has 9 aromatic rings. The molecule has 9 rings (SSSR count). The number of rotatable bonds is 12. The highest BCUT2D eigenvalue weighted by atomic mass is 31.2. The first kappa shape index (κ1) is 42.1. The molecule has 0 bridgehead atoms. The van der Waals surface area contributed by atoms with Crippen LogP contribution in [0.1, 0.15) is 33.4 Å².